The van der Waals surface area contributed by atoms with E-state index in [-0.39, 0.29) is 5.92 Å². The van der Waals surface area contributed by atoms with E-state index in [1.54, 1.807) is 0 Å². The van der Waals surface area contributed by atoms with Crippen LogP contribution >= 0.6 is 0 Å². The van der Waals surface area contributed by atoms with Crippen LogP contribution < -0.4 is 4.74 Å². The van der Waals surface area contributed by atoms with Crippen molar-refractivity contribution >= 4 is 65.4 Å². The van der Waals surface area contributed by atoms with E-state index in [4.69, 9.17) is 9.15 Å². The minimum Gasteiger partial charge on any atom is -0.460 e. The zero-order valence-corrected chi connectivity index (χ0v) is 26.2. The van der Waals surface area contributed by atoms with Crippen LogP contribution in [0.3, 0.4) is 0 Å². The summed E-state index contributed by atoms with van der Waals surface area (Å²) in [7, 11) is 0. The number of rotatable bonds is 2. The van der Waals surface area contributed by atoms with Gasteiger partial charge in [0.15, 0.2) is 0 Å². The molecule has 2 heterocycles. The molecule has 1 aromatic heterocycles. The van der Waals surface area contributed by atoms with Crippen molar-refractivity contribution in [3.63, 3.8) is 0 Å². The molecule has 0 N–H and O–H groups in total. The molecule has 0 saturated carbocycles. The molecule has 0 radical (unpaired) electrons. The molecule has 6 aromatic carbocycles. The van der Waals surface area contributed by atoms with Gasteiger partial charge in [-0.15, -0.1) is 0 Å². The van der Waals surface area contributed by atoms with Crippen molar-refractivity contribution in [1.29, 1.82) is 0 Å². The van der Waals surface area contributed by atoms with Crippen molar-refractivity contribution < 1.29 is 9.15 Å². The van der Waals surface area contributed by atoms with E-state index in [0.717, 1.165) is 57.1 Å². The second-order valence-electron chi connectivity index (χ2n) is 13.5. The van der Waals surface area contributed by atoms with Gasteiger partial charge in [0.1, 0.15) is 22.7 Å². The Morgan fingerprint density at radius 2 is 1.23 bits per heavy atom. The van der Waals surface area contributed by atoms with Gasteiger partial charge in [-0.1, -0.05) is 121 Å². The molecule has 2 unspecified atom stereocenters. The monoisotopic (exact) mass is 614 g/mol. The highest BCUT2D eigenvalue weighted by molar-refractivity contribution is 6.16. The quantitative estimate of drug-likeness (QED) is 0.181. The van der Waals surface area contributed by atoms with Crippen LogP contribution in [0.2, 0.25) is 0 Å². The summed E-state index contributed by atoms with van der Waals surface area (Å²) in [6, 6.07) is 35.3. The van der Waals surface area contributed by atoms with Crippen LogP contribution in [0.5, 0.6) is 5.75 Å². The smallest absolute Gasteiger partial charge is 0.138 e. The second kappa shape index (κ2) is 9.82. The second-order valence-corrected chi connectivity index (χ2v) is 13.5. The number of furan rings is 1. The Balaban J connectivity index is 1.06. The molecule has 2 atom stereocenters. The minimum absolute atomic E-state index is 0.175. The van der Waals surface area contributed by atoms with Crippen molar-refractivity contribution in [2.45, 2.75) is 18.8 Å². The number of hydrogen-bond donors (Lipinski definition) is 0. The fourth-order valence-corrected chi connectivity index (χ4v) is 8.75. The Kier molecular flexibility index (Phi) is 5.37. The molecular weight excluding hydrogens is 585 g/mol. The lowest BCUT2D eigenvalue weighted by Gasteiger charge is -2.26. The van der Waals surface area contributed by atoms with E-state index in [0.29, 0.717) is 5.92 Å². The minimum atomic E-state index is 0.175. The molecule has 0 bridgehead atoms. The lowest BCUT2D eigenvalue weighted by Crippen LogP contribution is -2.08. The van der Waals surface area contributed by atoms with Gasteiger partial charge in [-0.05, 0) is 91.9 Å². The zero-order valence-electron chi connectivity index (χ0n) is 26.2. The summed E-state index contributed by atoms with van der Waals surface area (Å²) in [6.45, 7) is 0. The molecule has 48 heavy (non-hydrogen) atoms. The normalized spacial score (nSPS) is 19.6. The first-order chi connectivity index (χ1) is 23.8. The highest BCUT2D eigenvalue weighted by Gasteiger charge is 2.35. The number of benzene rings is 6. The van der Waals surface area contributed by atoms with Gasteiger partial charge in [0, 0.05) is 33.6 Å². The number of ether oxygens (including phenoxy) is 1. The molecule has 7 aromatic rings. The molecule has 226 valence electrons. The van der Waals surface area contributed by atoms with Crippen molar-refractivity contribution in [2.75, 3.05) is 0 Å². The first-order valence-electron chi connectivity index (χ1n) is 16.9. The molecule has 2 heteroatoms. The lowest BCUT2D eigenvalue weighted by molar-refractivity contribution is 0.430. The van der Waals surface area contributed by atoms with Crippen LogP contribution in [0.15, 0.2) is 161 Å². The average Bonchev–Trinajstić information content (AvgIpc) is 3.70. The number of para-hydroxylation sites is 1. The van der Waals surface area contributed by atoms with Crippen LogP contribution in [0.4, 0.5) is 0 Å². The molecular formula is C46H30O2. The van der Waals surface area contributed by atoms with Gasteiger partial charge < -0.3 is 9.15 Å². The number of hydrogen-bond acceptors (Lipinski definition) is 2. The molecule has 3 aliphatic carbocycles. The van der Waals surface area contributed by atoms with Gasteiger partial charge in [-0.3, -0.25) is 0 Å². The van der Waals surface area contributed by atoms with E-state index in [9.17, 15) is 0 Å². The van der Waals surface area contributed by atoms with E-state index < -0.39 is 0 Å². The summed E-state index contributed by atoms with van der Waals surface area (Å²) in [5.74, 6) is 2.62. The van der Waals surface area contributed by atoms with Gasteiger partial charge in [-0.2, -0.15) is 0 Å². The fourth-order valence-electron chi connectivity index (χ4n) is 8.75. The van der Waals surface area contributed by atoms with Crippen LogP contribution in [0.1, 0.15) is 35.4 Å². The third-order valence-electron chi connectivity index (χ3n) is 11.0. The third kappa shape index (κ3) is 3.69. The van der Waals surface area contributed by atoms with Gasteiger partial charge >= 0.3 is 0 Å². The Hall–Kier alpha value is -5.86. The third-order valence-corrected chi connectivity index (χ3v) is 11.0. The average molecular weight is 615 g/mol. The molecule has 0 spiro atoms. The predicted octanol–water partition coefficient (Wildman–Crippen LogP) is 12.3. The summed E-state index contributed by atoms with van der Waals surface area (Å²) in [5.41, 5.74) is 9.97. The number of fused-ring (bicyclic) bond motifs is 11. The topological polar surface area (TPSA) is 22.4 Å². The Labute approximate surface area is 277 Å². The Bertz CT molecular complexity index is 2700. The number of allylic oxidation sites excluding steroid dienone is 12. The molecule has 1 aliphatic heterocycles. The SMILES string of the molecule is C1=CC2=CC=C(c3c4ccccc4c(C4=CC=C5Oc6c(ccc7cc8oc9ccccc9c8cc67)C5C4)c4ccccc34)CC2C=C1. The molecule has 4 aliphatic rings. The molecule has 11 rings (SSSR count). The maximum absolute atomic E-state index is 6.73. The van der Waals surface area contributed by atoms with Crippen LogP contribution in [0, 0.1) is 5.92 Å². The summed E-state index contributed by atoms with van der Waals surface area (Å²) < 4.78 is 12.9. The molecule has 2 nitrogen and oxygen atoms in total. The molecule has 0 fully saturated rings. The van der Waals surface area contributed by atoms with Crippen molar-refractivity contribution in [1.82, 2.24) is 0 Å². The van der Waals surface area contributed by atoms with Crippen LogP contribution in [-0.2, 0) is 0 Å². The van der Waals surface area contributed by atoms with Gasteiger partial charge in [-0.25, -0.2) is 0 Å². The van der Waals surface area contributed by atoms with Crippen molar-refractivity contribution in [3.05, 3.63) is 174 Å². The van der Waals surface area contributed by atoms with Crippen molar-refractivity contribution in [3.8, 4) is 5.75 Å². The maximum atomic E-state index is 6.73. The Morgan fingerprint density at radius 1 is 0.542 bits per heavy atom. The summed E-state index contributed by atoms with van der Waals surface area (Å²) >= 11 is 0. The highest BCUT2D eigenvalue weighted by atomic mass is 16.5. The molecule has 0 amide bonds. The van der Waals surface area contributed by atoms with Gasteiger partial charge in [0.05, 0.1) is 0 Å². The maximum Gasteiger partial charge on any atom is 0.138 e. The van der Waals surface area contributed by atoms with Crippen LogP contribution in [-0.4, -0.2) is 0 Å². The van der Waals surface area contributed by atoms with Crippen molar-refractivity contribution in [2.24, 2.45) is 5.92 Å². The van der Waals surface area contributed by atoms with Gasteiger partial charge in [0.25, 0.3) is 0 Å². The van der Waals surface area contributed by atoms with E-state index in [1.807, 2.05) is 12.1 Å². The van der Waals surface area contributed by atoms with Crippen LogP contribution in [0.25, 0.3) is 65.4 Å². The molecule has 0 saturated heterocycles. The summed E-state index contributed by atoms with van der Waals surface area (Å²) in [4.78, 5) is 0. The lowest BCUT2D eigenvalue weighted by atomic mass is 9.77. The first kappa shape index (κ1) is 26.2. The van der Waals surface area contributed by atoms with E-state index in [2.05, 4.69) is 134 Å². The fraction of sp³-hybridized carbons (Fsp3) is 0.0870. The summed E-state index contributed by atoms with van der Waals surface area (Å²) in [6.07, 6.45) is 20.0. The standard InChI is InChI=1S/C46H30O2/c1-2-10-28-23-30(18-17-27(28)9-1)44-33-12-3-5-14-35(33)45(36-15-6-4-13-34(36)44)31-20-22-42-39(24-31)37-21-19-29-25-43-40(26-38(29)46(37)48-42)32-11-7-8-16-41(32)47-43/h1-22,25-26,28,39H,23-24H2. The summed E-state index contributed by atoms with van der Waals surface area (Å²) in [5, 5.41) is 9.83. The largest absolute Gasteiger partial charge is 0.460 e. The van der Waals surface area contributed by atoms with E-state index >= 15 is 0 Å². The van der Waals surface area contributed by atoms with Gasteiger partial charge in [0.2, 0.25) is 0 Å². The predicted molar refractivity (Wildman–Crippen MR) is 199 cm³/mol. The zero-order chi connectivity index (χ0) is 31.3. The highest BCUT2D eigenvalue weighted by Crippen LogP contribution is 2.53. The first-order valence-corrected chi connectivity index (χ1v) is 16.9. The Morgan fingerprint density at radius 3 is 2.00 bits per heavy atom. The van der Waals surface area contributed by atoms with E-state index in [1.165, 1.54) is 55.0 Å².